The fourth-order valence-electron chi connectivity index (χ4n) is 3.03. The second-order valence-electron chi connectivity index (χ2n) is 6.77. The summed E-state index contributed by atoms with van der Waals surface area (Å²) in [5.74, 6) is -3.46. The van der Waals surface area contributed by atoms with Gasteiger partial charge in [-0.05, 0) is 35.2 Å². The van der Waals surface area contributed by atoms with E-state index in [0.29, 0.717) is 5.56 Å². The molecule has 3 rings (SSSR count). The highest BCUT2D eigenvalue weighted by Gasteiger charge is 2.19. The third-order valence-corrected chi connectivity index (χ3v) is 4.47. The number of aromatic nitrogens is 2. The fraction of sp³-hybridized carbons (Fsp3) is 0.136. The third kappa shape index (κ3) is 5.92. The van der Waals surface area contributed by atoms with Crippen molar-refractivity contribution in [2.45, 2.75) is 18.9 Å². The average Bonchev–Trinajstić information content (AvgIpc) is 2.74. The standard InChI is InChI=1S/C22H18FN3O5/c23-16-3-1-2-15(9-16)14-6-4-13(5-7-14)8-17(10-20(27)28)26-21(29)18-11-19(22(30)31)25-12-24-18/h1-7,9,11-12,17H,8,10H2,(H,26,29)(H,27,28)(H,30,31)/t17-/m1/s1. The lowest BCUT2D eigenvalue weighted by Crippen LogP contribution is -2.38. The summed E-state index contributed by atoms with van der Waals surface area (Å²) in [6.07, 6.45) is 0.836. The predicted octanol–water partition coefficient (Wildman–Crippen LogP) is 2.80. The lowest BCUT2D eigenvalue weighted by atomic mass is 9.99. The maximum absolute atomic E-state index is 13.4. The number of nitrogens with zero attached hydrogens (tertiary/aromatic N) is 2. The lowest BCUT2D eigenvalue weighted by Gasteiger charge is -2.17. The molecule has 3 N–H and O–H groups in total. The van der Waals surface area contributed by atoms with Gasteiger partial charge in [-0.1, -0.05) is 36.4 Å². The monoisotopic (exact) mass is 423 g/mol. The molecule has 0 saturated heterocycles. The first-order valence-corrected chi connectivity index (χ1v) is 9.24. The third-order valence-electron chi connectivity index (χ3n) is 4.47. The molecular formula is C22H18FN3O5. The van der Waals surface area contributed by atoms with Gasteiger partial charge in [0.25, 0.3) is 5.91 Å². The number of benzene rings is 2. The molecule has 0 aliphatic rings. The van der Waals surface area contributed by atoms with Gasteiger partial charge in [-0.25, -0.2) is 19.2 Å². The number of aromatic carboxylic acids is 1. The molecule has 0 unspecified atom stereocenters. The van der Waals surface area contributed by atoms with E-state index in [-0.39, 0.29) is 30.0 Å². The van der Waals surface area contributed by atoms with Crippen LogP contribution in [0.2, 0.25) is 0 Å². The van der Waals surface area contributed by atoms with Crippen LogP contribution in [0.4, 0.5) is 4.39 Å². The number of hydrogen-bond acceptors (Lipinski definition) is 5. The van der Waals surface area contributed by atoms with Crippen LogP contribution in [0.1, 0.15) is 33.0 Å². The summed E-state index contributed by atoms with van der Waals surface area (Å²) in [7, 11) is 0. The molecule has 0 saturated carbocycles. The molecule has 0 aliphatic carbocycles. The first-order chi connectivity index (χ1) is 14.8. The minimum Gasteiger partial charge on any atom is -0.481 e. The number of amides is 1. The highest BCUT2D eigenvalue weighted by Crippen LogP contribution is 2.21. The van der Waals surface area contributed by atoms with E-state index in [4.69, 9.17) is 5.11 Å². The molecule has 0 spiro atoms. The summed E-state index contributed by atoms with van der Waals surface area (Å²) in [4.78, 5) is 42.0. The zero-order chi connectivity index (χ0) is 22.4. The first-order valence-electron chi connectivity index (χ1n) is 9.24. The minimum absolute atomic E-state index is 0.177. The van der Waals surface area contributed by atoms with Gasteiger partial charge in [-0.3, -0.25) is 9.59 Å². The molecule has 1 amide bonds. The van der Waals surface area contributed by atoms with E-state index in [1.807, 2.05) is 0 Å². The van der Waals surface area contributed by atoms with Crippen LogP contribution in [0.5, 0.6) is 0 Å². The van der Waals surface area contributed by atoms with Crippen LogP contribution < -0.4 is 5.32 Å². The van der Waals surface area contributed by atoms with Gasteiger partial charge in [-0.2, -0.15) is 0 Å². The summed E-state index contributed by atoms with van der Waals surface area (Å²) in [6.45, 7) is 0. The topological polar surface area (TPSA) is 129 Å². The molecule has 158 valence electrons. The summed E-state index contributed by atoms with van der Waals surface area (Å²) in [5, 5.41) is 20.8. The van der Waals surface area contributed by atoms with Gasteiger partial charge in [0.2, 0.25) is 0 Å². The summed E-state index contributed by atoms with van der Waals surface area (Å²) < 4.78 is 13.4. The van der Waals surface area contributed by atoms with Crippen molar-refractivity contribution in [3.63, 3.8) is 0 Å². The Morgan fingerprint density at radius 3 is 2.29 bits per heavy atom. The Bertz CT molecular complexity index is 1120. The van der Waals surface area contributed by atoms with E-state index >= 15 is 0 Å². The van der Waals surface area contributed by atoms with Gasteiger partial charge in [0, 0.05) is 12.1 Å². The Balaban J connectivity index is 1.74. The SMILES string of the molecule is O=C(O)C[C@@H](Cc1ccc(-c2cccc(F)c2)cc1)NC(=O)c1cc(C(=O)O)ncn1. The van der Waals surface area contributed by atoms with Gasteiger partial charge in [-0.15, -0.1) is 0 Å². The van der Waals surface area contributed by atoms with Gasteiger partial charge in [0.1, 0.15) is 17.8 Å². The Kier molecular flexibility index (Phi) is 6.66. The molecule has 9 heteroatoms. The molecular weight excluding hydrogens is 405 g/mol. The number of carbonyl (C=O) groups is 3. The molecule has 0 fully saturated rings. The van der Waals surface area contributed by atoms with Gasteiger partial charge in [0.15, 0.2) is 5.69 Å². The van der Waals surface area contributed by atoms with Crippen LogP contribution >= 0.6 is 0 Å². The Morgan fingerprint density at radius 2 is 1.65 bits per heavy atom. The van der Waals surface area contributed by atoms with E-state index in [0.717, 1.165) is 23.5 Å². The molecule has 0 radical (unpaired) electrons. The van der Waals surface area contributed by atoms with Crippen LogP contribution in [0.15, 0.2) is 60.9 Å². The van der Waals surface area contributed by atoms with Gasteiger partial charge in [0.05, 0.1) is 6.42 Å². The van der Waals surface area contributed by atoms with E-state index in [9.17, 15) is 23.9 Å². The van der Waals surface area contributed by atoms with Crippen LogP contribution in [-0.4, -0.2) is 44.1 Å². The van der Waals surface area contributed by atoms with Crippen molar-refractivity contribution in [3.8, 4) is 11.1 Å². The zero-order valence-electron chi connectivity index (χ0n) is 16.2. The fourth-order valence-corrected chi connectivity index (χ4v) is 3.03. The quantitative estimate of drug-likeness (QED) is 0.508. The smallest absolute Gasteiger partial charge is 0.354 e. The largest absolute Gasteiger partial charge is 0.481 e. The molecule has 8 nitrogen and oxygen atoms in total. The predicted molar refractivity (Wildman–Crippen MR) is 108 cm³/mol. The second kappa shape index (κ2) is 9.57. The Morgan fingerprint density at radius 1 is 0.935 bits per heavy atom. The van der Waals surface area contributed by atoms with Crippen LogP contribution in [-0.2, 0) is 11.2 Å². The molecule has 0 aliphatic heterocycles. The average molecular weight is 423 g/mol. The number of aliphatic carboxylic acids is 1. The van der Waals surface area contributed by atoms with Gasteiger partial charge < -0.3 is 15.5 Å². The number of rotatable bonds is 8. The number of carbonyl (C=O) groups excluding carboxylic acids is 1. The van der Waals surface area contributed by atoms with E-state index in [1.54, 1.807) is 36.4 Å². The van der Waals surface area contributed by atoms with Crippen molar-refractivity contribution in [1.29, 1.82) is 0 Å². The first kappa shape index (κ1) is 21.6. The van der Waals surface area contributed by atoms with Crippen molar-refractivity contribution >= 4 is 17.8 Å². The van der Waals surface area contributed by atoms with Crippen molar-refractivity contribution in [3.05, 3.63) is 83.7 Å². The van der Waals surface area contributed by atoms with E-state index in [2.05, 4.69) is 15.3 Å². The second-order valence-corrected chi connectivity index (χ2v) is 6.77. The number of hydrogen-bond donors (Lipinski definition) is 3. The van der Waals surface area contributed by atoms with Crippen LogP contribution in [0, 0.1) is 5.82 Å². The zero-order valence-corrected chi connectivity index (χ0v) is 16.2. The van der Waals surface area contributed by atoms with E-state index < -0.39 is 23.9 Å². The Hall–Kier alpha value is -4.14. The maximum atomic E-state index is 13.4. The minimum atomic E-state index is -1.31. The molecule has 1 atom stereocenters. The highest BCUT2D eigenvalue weighted by molar-refractivity contribution is 5.95. The molecule has 1 heterocycles. The molecule has 0 bridgehead atoms. The summed E-state index contributed by atoms with van der Waals surface area (Å²) in [6, 6.07) is 13.5. The Labute approximate surface area is 176 Å². The number of carboxylic acid groups (broad SMARTS) is 2. The summed E-state index contributed by atoms with van der Waals surface area (Å²) in [5.41, 5.74) is 1.75. The van der Waals surface area contributed by atoms with Crippen LogP contribution in [0.25, 0.3) is 11.1 Å². The van der Waals surface area contributed by atoms with Crippen molar-refractivity contribution < 1.29 is 29.0 Å². The molecule has 31 heavy (non-hydrogen) atoms. The van der Waals surface area contributed by atoms with E-state index in [1.165, 1.54) is 12.1 Å². The normalized spacial score (nSPS) is 11.5. The van der Waals surface area contributed by atoms with Gasteiger partial charge >= 0.3 is 11.9 Å². The lowest BCUT2D eigenvalue weighted by molar-refractivity contribution is -0.137. The number of carboxylic acids is 2. The molecule has 2 aromatic carbocycles. The van der Waals surface area contributed by atoms with Crippen molar-refractivity contribution in [2.24, 2.45) is 0 Å². The highest BCUT2D eigenvalue weighted by atomic mass is 19.1. The maximum Gasteiger partial charge on any atom is 0.354 e. The van der Waals surface area contributed by atoms with Crippen LogP contribution in [0.3, 0.4) is 0 Å². The number of nitrogens with one attached hydrogen (secondary N) is 1. The van der Waals surface area contributed by atoms with Crippen molar-refractivity contribution in [2.75, 3.05) is 0 Å². The molecule has 1 aromatic heterocycles. The summed E-state index contributed by atoms with van der Waals surface area (Å²) >= 11 is 0. The van der Waals surface area contributed by atoms with Crippen molar-refractivity contribution in [1.82, 2.24) is 15.3 Å². The number of halogens is 1. The molecule has 3 aromatic rings.